The Balaban J connectivity index is 1.62. The summed E-state index contributed by atoms with van der Waals surface area (Å²) < 4.78 is 27.0. The number of rotatable bonds is 5. The van der Waals surface area contributed by atoms with Crippen molar-refractivity contribution >= 4 is 33.2 Å². The highest BCUT2D eigenvalue weighted by molar-refractivity contribution is 7.89. The fraction of sp³-hybridized carbons (Fsp3) is 0.316. The lowest BCUT2D eigenvalue weighted by Gasteiger charge is -2.29. The number of nitrogens with zero attached hydrogens (tertiary/aromatic N) is 1. The molecule has 0 aromatic heterocycles. The van der Waals surface area contributed by atoms with Crippen LogP contribution >= 0.6 is 11.6 Å². The molecule has 1 aliphatic heterocycles. The van der Waals surface area contributed by atoms with Crippen molar-refractivity contribution in [3.8, 4) is 0 Å². The van der Waals surface area contributed by atoms with E-state index in [1.807, 2.05) is 0 Å². The third-order valence-electron chi connectivity index (χ3n) is 4.63. The molecule has 0 radical (unpaired) electrons. The molecule has 2 aromatic rings. The Labute approximate surface area is 164 Å². The molecule has 0 aliphatic carbocycles. The fourth-order valence-corrected chi connectivity index (χ4v) is 4.53. The minimum absolute atomic E-state index is 0.171. The smallest absolute Gasteiger partial charge is 0.243 e. The van der Waals surface area contributed by atoms with Crippen LogP contribution in [-0.4, -0.2) is 51.9 Å². The molecule has 1 fully saturated rings. The maximum Gasteiger partial charge on any atom is 0.243 e. The Bertz CT molecular complexity index is 891. The van der Waals surface area contributed by atoms with Gasteiger partial charge in [-0.2, -0.15) is 4.31 Å². The summed E-state index contributed by atoms with van der Waals surface area (Å²) in [4.78, 5) is 13.7. The van der Waals surface area contributed by atoms with Crippen molar-refractivity contribution in [1.82, 2.24) is 4.31 Å². The van der Waals surface area contributed by atoms with Gasteiger partial charge in [0.25, 0.3) is 0 Å². The average Bonchev–Trinajstić information content (AvgIpc) is 2.64. The molecule has 0 spiro atoms. The van der Waals surface area contributed by atoms with E-state index in [1.54, 1.807) is 48.5 Å². The van der Waals surface area contributed by atoms with Crippen molar-refractivity contribution in [2.75, 3.05) is 38.5 Å². The van der Waals surface area contributed by atoms with Crippen molar-refractivity contribution < 1.29 is 18.1 Å². The largest absolute Gasteiger partial charge is 0.335 e. The van der Waals surface area contributed by atoms with Gasteiger partial charge in [0.1, 0.15) is 0 Å². The third kappa shape index (κ3) is 5.07. The van der Waals surface area contributed by atoms with Gasteiger partial charge in [0.05, 0.1) is 44.5 Å². The summed E-state index contributed by atoms with van der Waals surface area (Å²) in [6.45, 7) is 2.65. The highest BCUT2D eigenvalue weighted by Crippen LogP contribution is 2.19. The molecule has 0 unspecified atom stereocenters. The zero-order valence-corrected chi connectivity index (χ0v) is 16.7. The molecule has 1 heterocycles. The number of nitrogens with one attached hydrogen (secondary N) is 2. The second-order valence-corrected chi connectivity index (χ2v) is 9.11. The van der Waals surface area contributed by atoms with Crippen LogP contribution in [-0.2, 0) is 21.2 Å². The Morgan fingerprint density at radius 2 is 1.67 bits per heavy atom. The number of hydrogen-bond acceptors (Lipinski definition) is 3. The first-order valence-electron chi connectivity index (χ1n) is 8.80. The number of benzene rings is 2. The monoisotopic (exact) mass is 408 g/mol. The summed E-state index contributed by atoms with van der Waals surface area (Å²) in [5.74, 6) is -0.171. The van der Waals surface area contributed by atoms with E-state index in [1.165, 1.54) is 9.21 Å². The van der Waals surface area contributed by atoms with Crippen LogP contribution in [0, 0.1) is 0 Å². The lowest BCUT2D eigenvalue weighted by molar-refractivity contribution is -0.883. The second-order valence-electron chi connectivity index (χ2n) is 6.74. The lowest BCUT2D eigenvalue weighted by Crippen LogP contribution is -3.12. The van der Waals surface area contributed by atoms with Crippen molar-refractivity contribution in [2.24, 2.45) is 0 Å². The summed E-state index contributed by atoms with van der Waals surface area (Å²) in [5.41, 5.74) is 1.42. The molecule has 144 valence electrons. The van der Waals surface area contributed by atoms with Gasteiger partial charge in [0.15, 0.2) is 0 Å². The number of sulfonamides is 1. The minimum atomic E-state index is -3.49. The van der Waals surface area contributed by atoms with Crippen LogP contribution in [0.15, 0.2) is 53.4 Å². The predicted octanol–water partition coefficient (Wildman–Crippen LogP) is 1.04. The van der Waals surface area contributed by atoms with Crippen molar-refractivity contribution in [3.63, 3.8) is 0 Å². The molecule has 1 amide bonds. The lowest BCUT2D eigenvalue weighted by atomic mass is 10.1. The Morgan fingerprint density at radius 3 is 2.26 bits per heavy atom. The molecule has 0 saturated carbocycles. The van der Waals surface area contributed by atoms with Crippen molar-refractivity contribution in [2.45, 2.75) is 11.3 Å². The van der Waals surface area contributed by atoms with E-state index in [4.69, 9.17) is 11.6 Å². The number of halogens is 1. The molecule has 1 saturated heterocycles. The molecular formula is C19H23ClN3O3S+. The van der Waals surface area contributed by atoms with Crippen LogP contribution < -0.4 is 10.2 Å². The van der Waals surface area contributed by atoms with Gasteiger partial charge in [0.2, 0.25) is 15.9 Å². The first-order valence-corrected chi connectivity index (χ1v) is 10.6. The highest BCUT2D eigenvalue weighted by Gasteiger charge is 2.28. The van der Waals surface area contributed by atoms with Crippen molar-refractivity contribution in [1.29, 1.82) is 0 Å². The molecule has 1 aliphatic rings. The standard InChI is InChI=1S/C19H22ClN3O3S/c1-22-10-12-23(13-11-22)27(25,26)18-8-6-17(7-9-18)21-19(24)14-15-2-4-16(20)5-3-15/h2-9H,10-14H2,1H3,(H,21,24)/p+1. The van der Waals surface area contributed by atoms with E-state index in [0.717, 1.165) is 18.7 Å². The van der Waals surface area contributed by atoms with Gasteiger partial charge in [-0.25, -0.2) is 8.42 Å². The molecule has 8 heteroatoms. The fourth-order valence-electron chi connectivity index (χ4n) is 2.96. The van der Waals surface area contributed by atoms with E-state index < -0.39 is 10.0 Å². The predicted molar refractivity (Wildman–Crippen MR) is 106 cm³/mol. The molecule has 3 rings (SSSR count). The molecular weight excluding hydrogens is 386 g/mol. The summed E-state index contributed by atoms with van der Waals surface area (Å²) in [5, 5.41) is 3.41. The Kier molecular flexibility index (Phi) is 6.16. The zero-order valence-electron chi connectivity index (χ0n) is 15.1. The third-order valence-corrected chi connectivity index (χ3v) is 6.79. The summed E-state index contributed by atoms with van der Waals surface area (Å²) in [6, 6.07) is 13.4. The maximum absolute atomic E-state index is 12.7. The van der Waals surface area contributed by atoms with Gasteiger partial charge in [0, 0.05) is 10.7 Å². The van der Waals surface area contributed by atoms with Crippen LogP contribution in [0.3, 0.4) is 0 Å². The van der Waals surface area contributed by atoms with Gasteiger partial charge in [-0.3, -0.25) is 4.79 Å². The number of piperazine rings is 1. The Morgan fingerprint density at radius 1 is 1.07 bits per heavy atom. The molecule has 0 atom stereocenters. The molecule has 2 aromatic carbocycles. The highest BCUT2D eigenvalue weighted by atomic mass is 35.5. The second kappa shape index (κ2) is 8.39. The number of amides is 1. The van der Waals surface area contributed by atoms with Crippen molar-refractivity contribution in [3.05, 3.63) is 59.1 Å². The van der Waals surface area contributed by atoms with E-state index in [2.05, 4.69) is 12.4 Å². The quantitative estimate of drug-likeness (QED) is 0.776. The normalized spacial score (nSPS) is 16.2. The van der Waals surface area contributed by atoms with E-state index in [0.29, 0.717) is 23.8 Å². The topological polar surface area (TPSA) is 70.9 Å². The first-order chi connectivity index (χ1) is 12.8. The van der Waals surface area contributed by atoms with Crippen LogP contribution in [0.2, 0.25) is 5.02 Å². The number of hydrogen-bond donors (Lipinski definition) is 2. The summed E-state index contributed by atoms with van der Waals surface area (Å²) in [7, 11) is -1.43. The first kappa shape index (κ1) is 19.8. The van der Waals surface area contributed by atoms with E-state index in [-0.39, 0.29) is 17.2 Å². The number of carbonyl (C=O) groups is 1. The Hall–Kier alpha value is -1.93. The number of quaternary nitrogens is 1. The van der Waals surface area contributed by atoms with Gasteiger partial charge >= 0.3 is 0 Å². The maximum atomic E-state index is 12.7. The van der Waals surface area contributed by atoms with Crippen LogP contribution in [0.5, 0.6) is 0 Å². The SMILES string of the molecule is C[NH+]1CCN(S(=O)(=O)c2ccc(NC(=O)Cc3ccc(Cl)cc3)cc2)CC1. The van der Waals surface area contributed by atoms with Gasteiger partial charge in [-0.05, 0) is 42.0 Å². The molecule has 0 bridgehead atoms. The number of anilines is 1. The summed E-state index contributed by atoms with van der Waals surface area (Å²) >= 11 is 5.84. The molecule has 2 N–H and O–H groups in total. The summed E-state index contributed by atoms with van der Waals surface area (Å²) in [6.07, 6.45) is 0.223. The van der Waals surface area contributed by atoms with Crippen LogP contribution in [0.4, 0.5) is 5.69 Å². The van der Waals surface area contributed by atoms with Crippen LogP contribution in [0.1, 0.15) is 5.56 Å². The van der Waals surface area contributed by atoms with E-state index >= 15 is 0 Å². The minimum Gasteiger partial charge on any atom is -0.335 e. The van der Waals surface area contributed by atoms with Crippen LogP contribution in [0.25, 0.3) is 0 Å². The zero-order chi connectivity index (χ0) is 19.4. The van der Waals surface area contributed by atoms with Gasteiger partial charge < -0.3 is 10.2 Å². The van der Waals surface area contributed by atoms with E-state index in [9.17, 15) is 13.2 Å². The van der Waals surface area contributed by atoms with Gasteiger partial charge in [-0.1, -0.05) is 23.7 Å². The van der Waals surface area contributed by atoms with Gasteiger partial charge in [-0.15, -0.1) is 0 Å². The number of likely N-dealkylation sites (N-methyl/N-ethyl adjacent to an activating group) is 1. The molecule has 27 heavy (non-hydrogen) atoms. The number of carbonyl (C=O) groups excluding carboxylic acids is 1. The average molecular weight is 409 g/mol. The molecule has 6 nitrogen and oxygen atoms in total.